The normalized spacial score (nSPS) is 17.0. The van der Waals surface area contributed by atoms with Crippen LogP contribution in [-0.4, -0.2) is 21.2 Å². The lowest BCUT2D eigenvalue weighted by atomic mass is 10.2. The number of aromatic nitrogens is 3. The zero-order valence-corrected chi connectivity index (χ0v) is 11.7. The van der Waals surface area contributed by atoms with Crippen LogP contribution < -0.4 is 10.6 Å². The van der Waals surface area contributed by atoms with Crippen molar-refractivity contribution in [2.24, 2.45) is 0 Å². The van der Waals surface area contributed by atoms with Crippen LogP contribution in [0.3, 0.4) is 0 Å². The molecule has 0 aromatic carbocycles. The molecule has 0 unspecified atom stereocenters. The van der Waals surface area contributed by atoms with Crippen molar-refractivity contribution >= 4 is 28.2 Å². The van der Waals surface area contributed by atoms with Gasteiger partial charge in [0.2, 0.25) is 0 Å². The standard InChI is InChI=1S/C13H15N5OS/c19-12(15-9-6-14-18-11(9)7-4-5-7)17-13-16-8-2-1-3-10(8)20-13/h6-7H,1-5H2,(H,14,18)(H2,15,16,17,19). The van der Waals surface area contributed by atoms with Gasteiger partial charge in [-0.2, -0.15) is 5.10 Å². The number of carbonyl (C=O) groups is 1. The number of nitrogens with zero attached hydrogens (tertiary/aromatic N) is 2. The Morgan fingerprint density at radius 3 is 3.05 bits per heavy atom. The van der Waals surface area contributed by atoms with Crippen molar-refractivity contribution in [3.05, 3.63) is 22.5 Å². The Morgan fingerprint density at radius 2 is 2.25 bits per heavy atom. The third-order valence-electron chi connectivity index (χ3n) is 3.72. The first kappa shape index (κ1) is 11.9. The van der Waals surface area contributed by atoms with Gasteiger partial charge in [-0.3, -0.25) is 10.4 Å². The van der Waals surface area contributed by atoms with Crippen molar-refractivity contribution in [2.45, 2.75) is 38.0 Å². The summed E-state index contributed by atoms with van der Waals surface area (Å²) in [5.74, 6) is 0.525. The number of urea groups is 1. The Bertz CT molecular complexity index is 636. The molecule has 0 radical (unpaired) electrons. The largest absolute Gasteiger partial charge is 0.325 e. The van der Waals surface area contributed by atoms with E-state index in [9.17, 15) is 4.79 Å². The summed E-state index contributed by atoms with van der Waals surface area (Å²) in [6.07, 6.45) is 7.29. The van der Waals surface area contributed by atoms with Crippen LogP contribution in [-0.2, 0) is 12.8 Å². The summed E-state index contributed by atoms with van der Waals surface area (Å²) >= 11 is 1.58. The highest BCUT2D eigenvalue weighted by Gasteiger charge is 2.28. The summed E-state index contributed by atoms with van der Waals surface area (Å²) in [4.78, 5) is 17.8. The summed E-state index contributed by atoms with van der Waals surface area (Å²) in [6, 6.07) is -0.249. The third kappa shape index (κ3) is 2.18. The fraction of sp³-hybridized carbons (Fsp3) is 0.462. The smallest absolute Gasteiger partial charge is 0.304 e. The van der Waals surface area contributed by atoms with Crippen LogP contribution in [0, 0.1) is 0 Å². The summed E-state index contributed by atoms with van der Waals surface area (Å²) in [5.41, 5.74) is 2.95. The highest BCUT2D eigenvalue weighted by Crippen LogP contribution is 2.42. The van der Waals surface area contributed by atoms with Gasteiger partial charge in [-0.15, -0.1) is 11.3 Å². The molecule has 2 aromatic heterocycles. The molecular weight excluding hydrogens is 274 g/mol. The van der Waals surface area contributed by atoms with Gasteiger partial charge in [-0.1, -0.05) is 0 Å². The van der Waals surface area contributed by atoms with Crippen LogP contribution in [0.15, 0.2) is 6.20 Å². The molecule has 0 atom stereocenters. The van der Waals surface area contributed by atoms with E-state index in [2.05, 4.69) is 25.8 Å². The number of fused-ring (bicyclic) bond motifs is 1. The molecule has 0 saturated heterocycles. The Balaban J connectivity index is 1.43. The Labute approximate surface area is 120 Å². The molecule has 2 aliphatic carbocycles. The Morgan fingerprint density at radius 1 is 1.35 bits per heavy atom. The van der Waals surface area contributed by atoms with Crippen molar-refractivity contribution in [1.29, 1.82) is 0 Å². The van der Waals surface area contributed by atoms with E-state index >= 15 is 0 Å². The topological polar surface area (TPSA) is 82.7 Å². The van der Waals surface area contributed by atoms with Crippen molar-refractivity contribution in [3.8, 4) is 0 Å². The van der Waals surface area contributed by atoms with E-state index in [0.717, 1.165) is 42.8 Å². The van der Waals surface area contributed by atoms with Gasteiger partial charge >= 0.3 is 6.03 Å². The summed E-state index contributed by atoms with van der Waals surface area (Å²) < 4.78 is 0. The maximum absolute atomic E-state index is 12.0. The zero-order chi connectivity index (χ0) is 13.5. The van der Waals surface area contributed by atoms with Crippen LogP contribution in [0.4, 0.5) is 15.6 Å². The molecule has 6 nitrogen and oxygen atoms in total. The van der Waals surface area contributed by atoms with Gasteiger partial charge in [0.1, 0.15) is 0 Å². The Kier molecular flexibility index (Phi) is 2.73. The van der Waals surface area contributed by atoms with Gasteiger partial charge < -0.3 is 5.32 Å². The summed E-state index contributed by atoms with van der Waals surface area (Å²) in [6.45, 7) is 0. The molecule has 1 saturated carbocycles. The molecule has 0 aliphatic heterocycles. The van der Waals surface area contributed by atoms with Crippen LogP contribution >= 0.6 is 11.3 Å². The number of H-pyrrole nitrogens is 1. The number of aryl methyl sites for hydroxylation is 2. The number of aromatic amines is 1. The van der Waals surface area contributed by atoms with Crippen molar-refractivity contribution in [1.82, 2.24) is 15.2 Å². The van der Waals surface area contributed by atoms with Crippen molar-refractivity contribution in [2.75, 3.05) is 10.6 Å². The quantitative estimate of drug-likeness (QED) is 0.812. The van der Waals surface area contributed by atoms with Gasteiger partial charge in [0.15, 0.2) is 5.13 Å². The lowest BCUT2D eigenvalue weighted by Gasteiger charge is -2.05. The lowest BCUT2D eigenvalue weighted by Crippen LogP contribution is -2.19. The molecule has 2 aliphatic rings. The van der Waals surface area contributed by atoms with E-state index < -0.39 is 0 Å². The maximum Gasteiger partial charge on any atom is 0.325 e. The zero-order valence-electron chi connectivity index (χ0n) is 10.9. The van der Waals surface area contributed by atoms with Crippen molar-refractivity contribution < 1.29 is 4.79 Å². The van der Waals surface area contributed by atoms with Crippen LogP contribution in [0.1, 0.15) is 41.4 Å². The molecule has 7 heteroatoms. The monoisotopic (exact) mass is 289 g/mol. The number of thiazole rings is 1. The number of hydrogen-bond acceptors (Lipinski definition) is 4. The molecule has 4 rings (SSSR count). The van der Waals surface area contributed by atoms with E-state index in [1.807, 2.05) is 0 Å². The fourth-order valence-corrected chi connectivity index (χ4v) is 3.62. The lowest BCUT2D eigenvalue weighted by molar-refractivity contribution is 0.262. The molecule has 1 fully saturated rings. The number of nitrogens with one attached hydrogen (secondary N) is 3. The van der Waals surface area contributed by atoms with E-state index in [1.165, 1.54) is 11.3 Å². The van der Waals surface area contributed by atoms with Gasteiger partial charge in [0.05, 0.1) is 23.3 Å². The van der Waals surface area contributed by atoms with Gasteiger partial charge in [-0.25, -0.2) is 9.78 Å². The van der Waals surface area contributed by atoms with Crippen molar-refractivity contribution in [3.63, 3.8) is 0 Å². The number of carbonyl (C=O) groups excluding carboxylic acids is 1. The third-order valence-corrected chi connectivity index (χ3v) is 4.79. The maximum atomic E-state index is 12.0. The Hall–Kier alpha value is -1.89. The van der Waals surface area contributed by atoms with Gasteiger partial charge in [0, 0.05) is 10.8 Å². The first-order valence-corrected chi connectivity index (χ1v) is 7.71. The first-order valence-electron chi connectivity index (χ1n) is 6.89. The molecule has 2 aromatic rings. The fourth-order valence-electron chi connectivity index (χ4n) is 2.57. The van der Waals surface area contributed by atoms with Crippen LogP contribution in [0.5, 0.6) is 0 Å². The molecule has 0 bridgehead atoms. The first-order chi connectivity index (χ1) is 9.79. The van der Waals surface area contributed by atoms with E-state index in [-0.39, 0.29) is 6.03 Å². The highest BCUT2D eigenvalue weighted by molar-refractivity contribution is 7.15. The second-order valence-electron chi connectivity index (χ2n) is 5.29. The van der Waals surface area contributed by atoms with Crippen LogP contribution in [0.2, 0.25) is 0 Å². The molecule has 3 N–H and O–H groups in total. The number of hydrogen-bond donors (Lipinski definition) is 3. The number of rotatable bonds is 3. The minimum atomic E-state index is -0.249. The number of anilines is 2. The molecule has 104 valence electrons. The molecule has 20 heavy (non-hydrogen) atoms. The average Bonchev–Trinajstić information content (AvgIpc) is 2.81. The SMILES string of the molecule is O=C(Nc1nc2c(s1)CCC2)Nc1cn[nH]c1C1CC1. The predicted octanol–water partition coefficient (Wildman–Crippen LogP) is 2.88. The molecule has 0 spiro atoms. The molecule has 2 heterocycles. The van der Waals surface area contributed by atoms with E-state index in [0.29, 0.717) is 11.0 Å². The van der Waals surface area contributed by atoms with Gasteiger partial charge in [-0.05, 0) is 32.1 Å². The second-order valence-corrected chi connectivity index (χ2v) is 6.38. The molecule has 2 amide bonds. The van der Waals surface area contributed by atoms with Crippen LogP contribution in [0.25, 0.3) is 0 Å². The number of amides is 2. The highest BCUT2D eigenvalue weighted by atomic mass is 32.1. The summed E-state index contributed by atoms with van der Waals surface area (Å²) in [5, 5.41) is 13.3. The minimum Gasteiger partial charge on any atom is -0.304 e. The minimum absolute atomic E-state index is 0.249. The molecular formula is C13H15N5OS. The van der Waals surface area contributed by atoms with Gasteiger partial charge in [0.25, 0.3) is 0 Å². The second kappa shape index (κ2) is 4.59. The van der Waals surface area contributed by atoms with E-state index in [4.69, 9.17) is 0 Å². The average molecular weight is 289 g/mol. The van der Waals surface area contributed by atoms with E-state index in [1.54, 1.807) is 17.5 Å². The predicted molar refractivity (Wildman–Crippen MR) is 77.3 cm³/mol. The summed E-state index contributed by atoms with van der Waals surface area (Å²) in [7, 11) is 0.